The second kappa shape index (κ2) is 7.15. The Labute approximate surface area is 139 Å². The molecule has 1 aliphatic rings. The molecule has 1 saturated heterocycles. The van der Waals surface area contributed by atoms with Crippen molar-refractivity contribution in [1.29, 1.82) is 0 Å². The number of halogens is 1. The molecule has 1 unspecified atom stereocenters. The average molecular weight is 339 g/mol. The molecule has 1 heterocycles. The van der Waals surface area contributed by atoms with E-state index in [1.54, 1.807) is 44.2 Å². The van der Waals surface area contributed by atoms with E-state index < -0.39 is 24.1 Å². The molecule has 0 aliphatic carbocycles. The van der Waals surface area contributed by atoms with Gasteiger partial charge in [-0.15, -0.1) is 0 Å². The Morgan fingerprint density at radius 2 is 2.09 bits per heavy atom. The quantitative estimate of drug-likeness (QED) is 0.660. The SMILES string of the molecule is CC(C)C(=O)OCC1(CO)C/C(=C\c2ccc(Cl)cc2)C(=O)O1. The molecule has 2 rings (SSSR count). The summed E-state index contributed by atoms with van der Waals surface area (Å²) in [5, 5.41) is 10.2. The van der Waals surface area contributed by atoms with Crippen LogP contribution >= 0.6 is 11.6 Å². The van der Waals surface area contributed by atoms with Crippen LogP contribution in [0.2, 0.25) is 5.02 Å². The predicted octanol–water partition coefficient (Wildman–Crippen LogP) is 2.60. The summed E-state index contributed by atoms with van der Waals surface area (Å²) in [6.07, 6.45) is 1.86. The molecule has 5 nitrogen and oxygen atoms in total. The molecule has 1 fully saturated rings. The Morgan fingerprint density at radius 1 is 1.43 bits per heavy atom. The van der Waals surface area contributed by atoms with Crippen LogP contribution in [-0.2, 0) is 19.1 Å². The minimum atomic E-state index is -1.21. The van der Waals surface area contributed by atoms with Gasteiger partial charge in [-0.2, -0.15) is 0 Å². The number of carbonyl (C=O) groups excluding carboxylic acids is 2. The first kappa shape index (κ1) is 17.5. The van der Waals surface area contributed by atoms with Crippen molar-refractivity contribution in [3.05, 3.63) is 40.4 Å². The lowest BCUT2D eigenvalue weighted by Gasteiger charge is -2.24. The molecule has 1 N–H and O–H groups in total. The normalized spacial score (nSPS) is 22.5. The van der Waals surface area contributed by atoms with Gasteiger partial charge in [-0.1, -0.05) is 37.6 Å². The van der Waals surface area contributed by atoms with Gasteiger partial charge in [-0.05, 0) is 23.8 Å². The smallest absolute Gasteiger partial charge is 0.334 e. The standard InChI is InChI=1S/C17H19ClO5/c1-11(2)15(20)22-10-17(9-19)8-13(16(21)23-17)7-12-3-5-14(18)6-4-12/h3-7,11,19H,8-10H2,1-2H3/b13-7+. The maximum absolute atomic E-state index is 12.0. The number of esters is 2. The summed E-state index contributed by atoms with van der Waals surface area (Å²) in [5.74, 6) is -1.20. The van der Waals surface area contributed by atoms with Gasteiger partial charge >= 0.3 is 11.9 Å². The van der Waals surface area contributed by atoms with Crippen LogP contribution in [-0.4, -0.2) is 35.9 Å². The van der Waals surface area contributed by atoms with Crippen molar-refractivity contribution in [3.63, 3.8) is 0 Å². The summed E-state index contributed by atoms with van der Waals surface area (Å²) >= 11 is 5.83. The van der Waals surface area contributed by atoms with Crippen LogP contribution in [0.25, 0.3) is 6.08 Å². The fraction of sp³-hybridized carbons (Fsp3) is 0.412. The molecule has 23 heavy (non-hydrogen) atoms. The largest absolute Gasteiger partial charge is 0.461 e. The topological polar surface area (TPSA) is 72.8 Å². The van der Waals surface area contributed by atoms with E-state index in [4.69, 9.17) is 21.1 Å². The number of aliphatic hydroxyl groups is 1. The molecule has 1 aromatic carbocycles. The second-order valence-corrected chi connectivity index (χ2v) is 6.33. The summed E-state index contributed by atoms with van der Waals surface area (Å²) in [5.41, 5.74) is 0.0103. The van der Waals surface area contributed by atoms with Crippen molar-refractivity contribution >= 4 is 29.6 Å². The molecule has 0 aromatic heterocycles. The maximum atomic E-state index is 12.0. The monoisotopic (exact) mass is 338 g/mol. The van der Waals surface area contributed by atoms with Gasteiger partial charge < -0.3 is 14.6 Å². The molecule has 0 bridgehead atoms. The Balaban J connectivity index is 2.12. The lowest BCUT2D eigenvalue weighted by Crippen LogP contribution is -2.39. The fourth-order valence-corrected chi connectivity index (χ4v) is 2.30. The van der Waals surface area contributed by atoms with E-state index in [9.17, 15) is 14.7 Å². The van der Waals surface area contributed by atoms with Crippen molar-refractivity contribution in [1.82, 2.24) is 0 Å². The minimum absolute atomic E-state index is 0.162. The highest BCUT2D eigenvalue weighted by Gasteiger charge is 2.44. The van der Waals surface area contributed by atoms with Gasteiger partial charge in [-0.25, -0.2) is 4.79 Å². The van der Waals surface area contributed by atoms with Gasteiger partial charge in [0.05, 0.1) is 12.5 Å². The third-order valence-electron chi connectivity index (χ3n) is 3.53. The van der Waals surface area contributed by atoms with Crippen molar-refractivity contribution in [3.8, 4) is 0 Å². The van der Waals surface area contributed by atoms with E-state index in [1.165, 1.54) is 0 Å². The molecule has 0 saturated carbocycles. The van der Waals surface area contributed by atoms with Crippen LogP contribution in [0.4, 0.5) is 0 Å². The Morgan fingerprint density at radius 3 is 2.65 bits per heavy atom. The molecule has 0 radical (unpaired) electrons. The zero-order valence-corrected chi connectivity index (χ0v) is 13.8. The van der Waals surface area contributed by atoms with Crippen LogP contribution in [0.1, 0.15) is 25.8 Å². The number of cyclic esters (lactones) is 1. The van der Waals surface area contributed by atoms with Gasteiger partial charge in [0.15, 0.2) is 5.60 Å². The molecule has 0 amide bonds. The Bertz CT molecular complexity index is 620. The van der Waals surface area contributed by atoms with E-state index in [0.29, 0.717) is 10.6 Å². The van der Waals surface area contributed by atoms with Gasteiger partial charge in [0.25, 0.3) is 0 Å². The molecular formula is C17H19ClO5. The zero-order valence-electron chi connectivity index (χ0n) is 13.0. The predicted molar refractivity (Wildman–Crippen MR) is 85.8 cm³/mol. The lowest BCUT2D eigenvalue weighted by molar-refractivity contribution is -0.168. The first-order chi connectivity index (χ1) is 10.8. The minimum Gasteiger partial charge on any atom is -0.461 e. The molecule has 0 spiro atoms. The third kappa shape index (κ3) is 4.33. The number of aliphatic hydroxyl groups excluding tert-OH is 1. The summed E-state index contributed by atoms with van der Waals surface area (Å²) in [6.45, 7) is 2.84. The maximum Gasteiger partial charge on any atom is 0.334 e. The van der Waals surface area contributed by atoms with Crippen LogP contribution < -0.4 is 0 Å². The summed E-state index contributed by atoms with van der Waals surface area (Å²) in [7, 11) is 0. The van der Waals surface area contributed by atoms with Crippen molar-refractivity contribution < 1.29 is 24.2 Å². The van der Waals surface area contributed by atoms with Gasteiger partial charge in [0.1, 0.15) is 6.61 Å². The number of rotatable bonds is 5. The number of hydrogen-bond acceptors (Lipinski definition) is 5. The van der Waals surface area contributed by atoms with Crippen LogP contribution in [0.15, 0.2) is 29.8 Å². The summed E-state index contributed by atoms with van der Waals surface area (Å²) < 4.78 is 10.4. The third-order valence-corrected chi connectivity index (χ3v) is 3.78. The summed E-state index contributed by atoms with van der Waals surface area (Å²) in [6, 6.07) is 7.00. The van der Waals surface area contributed by atoms with E-state index in [-0.39, 0.29) is 18.9 Å². The highest BCUT2D eigenvalue weighted by Crippen LogP contribution is 2.32. The summed E-state index contributed by atoms with van der Waals surface area (Å²) in [4.78, 5) is 23.6. The van der Waals surface area contributed by atoms with Crippen LogP contribution in [0, 0.1) is 5.92 Å². The molecule has 1 aliphatic heterocycles. The molecule has 1 aromatic rings. The van der Waals surface area contributed by atoms with E-state index in [0.717, 1.165) is 5.56 Å². The van der Waals surface area contributed by atoms with E-state index in [1.807, 2.05) is 0 Å². The molecule has 124 valence electrons. The highest BCUT2D eigenvalue weighted by molar-refractivity contribution is 6.30. The molecular weight excluding hydrogens is 320 g/mol. The Kier molecular flexibility index (Phi) is 5.44. The first-order valence-corrected chi connectivity index (χ1v) is 7.70. The number of ether oxygens (including phenoxy) is 2. The highest BCUT2D eigenvalue weighted by atomic mass is 35.5. The molecule has 1 atom stereocenters. The van der Waals surface area contributed by atoms with E-state index in [2.05, 4.69) is 0 Å². The van der Waals surface area contributed by atoms with Gasteiger partial charge in [0.2, 0.25) is 0 Å². The first-order valence-electron chi connectivity index (χ1n) is 7.32. The second-order valence-electron chi connectivity index (χ2n) is 5.89. The number of benzene rings is 1. The van der Waals surface area contributed by atoms with Gasteiger partial charge in [0, 0.05) is 17.0 Å². The van der Waals surface area contributed by atoms with E-state index >= 15 is 0 Å². The lowest BCUT2D eigenvalue weighted by atomic mass is 9.98. The van der Waals surface area contributed by atoms with Gasteiger partial charge in [-0.3, -0.25) is 4.79 Å². The van der Waals surface area contributed by atoms with Crippen molar-refractivity contribution in [2.24, 2.45) is 5.92 Å². The molecule has 6 heteroatoms. The zero-order chi connectivity index (χ0) is 17.0. The number of carbonyl (C=O) groups is 2. The fourth-order valence-electron chi connectivity index (χ4n) is 2.17. The average Bonchev–Trinajstić information content (AvgIpc) is 2.84. The number of hydrogen-bond donors (Lipinski definition) is 1. The van der Waals surface area contributed by atoms with Crippen LogP contribution in [0.5, 0.6) is 0 Å². The van der Waals surface area contributed by atoms with Crippen LogP contribution in [0.3, 0.4) is 0 Å². The van der Waals surface area contributed by atoms with Crippen molar-refractivity contribution in [2.45, 2.75) is 25.9 Å². The van der Waals surface area contributed by atoms with Crippen molar-refractivity contribution in [2.75, 3.05) is 13.2 Å². The Hall–Kier alpha value is -1.85.